The molecule has 0 radical (unpaired) electrons. The number of rotatable bonds is 21. The first-order valence-electron chi connectivity index (χ1n) is 15.2. The molecule has 1 saturated carbocycles. The molecule has 0 bridgehead atoms. The van der Waals surface area contributed by atoms with Crippen LogP contribution in [-0.2, 0) is 33.0 Å². The summed E-state index contributed by atoms with van der Waals surface area (Å²) in [4.78, 5) is 24.7. The molecule has 9 heteroatoms. The quantitative estimate of drug-likeness (QED) is 0.0557. The highest BCUT2D eigenvalue weighted by Crippen LogP contribution is 2.43. The van der Waals surface area contributed by atoms with Gasteiger partial charge in [0.15, 0.2) is 8.32 Å². The summed E-state index contributed by atoms with van der Waals surface area (Å²) in [6, 6.07) is 0. The van der Waals surface area contributed by atoms with Gasteiger partial charge in [-0.1, -0.05) is 72.0 Å². The Kier molecular flexibility index (Phi) is 17.7. The monoisotopic (exact) mass is 586 g/mol. The van der Waals surface area contributed by atoms with Gasteiger partial charge in [0.05, 0.1) is 44.6 Å². The fraction of sp³-hybridized carbons (Fsp3) is 0.871. The Morgan fingerprint density at radius 1 is 1.07 bits per heavy atom. The lowest BCUT2D eigenvalue weighted by Crippen LogP contribution is -2.45. The lowest BCUT2D eigenvalue weighted by Gasteiger charge is -2.40. The topological polar surface area (TPSA) is 101 Å². The van der Waals surface area contributed by atoms with Crippen LogP contribution in [0.15, 0.2) is 12.2 Å². The minimum absolute atomic E-state index is 0.00595. The Morgan fingerprint density at radius 3 is 2.40 bits per heavy atom. The normalized spacial score (nSPS) is 21.7. The predicted molar refractivity (Wildman–Crippen MR) is 161 cm³/mol. The van der Waals surface area contributed by atoms with Crippen molar-refractivity contribution in [2.24, 2.45) is 11.8 Å². The van der Waals surface area contributed by atoms with Gasteiger partial charge in [0.1, 0.15) is 12.6 Å². The van der Waals surface area contributed by atoms with Crippen LogP contribution in [0.25, 0.3) is 0 Å². The minimum Gasteiger partial charge on any atom is -0.469 e. The fourth-order valence-electron chi connectivity index (χ4n) is 4.81. The standard InChI is InChI=1S/C31H58O8Si/c1-9-10-12-15-24(38-23-37-21-20-35-5)18-19-25-28(39-40(7,8)31(2,3)4)22-27(33)30(25)26(32)16-13-11-14-17-29(34)36-6/h18-19,24-26,28,30,32H,9-17,20-23H2,1-8H3/b19-18+. The van der Waals surface area contributed by atoms with Crippen molar-refractivity contribution in [1.82, 2.24) is 0 Å². The van der Waals surface area contributed by atoms with Crippen LogP contribution in [0.5, 0.6) is 0 Å². The van der Waals surface area contributed by atoms with Crippen LogP contribution in [-0.4, -0.2) is 77.7 Å². The van der Waals surface area contributed by atoms with Gasteiger partial charge in [0.2, 0.25) is 0 Å². The van der Waals surface area contributed by atoms with Gasteiger partial charge in [0, 0.05) is 25.9 Å². The van der Waals surface area contributed by atoms with Crippen molar-refractivity contribution in [3.8, 4) is 0 Å². The first-order chi connectivity index (χ1) is 18.9. The summed E-state index contributed by atoms with van der Waals surface area (Å²) < 4.78 is 28.1. The van der Waals surface area contributed by atoms with E-state index < -0.39 is 20.3 Å². The number of hydrogen-bond donors (Lipinski definition) is 1. The number of ether oxygens (including phenoxy) is 4. The largest absolute Gasteiger partial charge is 0.469 e. The van der Waals surface area contributed by atoms with E-state index in [1.54, 1.807) is 7.11 Å². The van der Waals surface area contributed by atoms with E-state index in [1.807, 2.05) is 0 Å². The second-order valence-corrected chi connectivity index (χ2v) is 17.3. The Labute approximate surface area is 244 Å². The molecule has 1 aliphatic carbocycles. The average Bonchev–Trinajstić information content (AvgIpc) is 3.19. The van der Waals surface area contributed by atoms with Crippen molar-refractivity contribution in [1.29, 1.82) is 0 Å². The second kappa shape index (κ2) is 19.2. The highest BCUT2D eigenvalue weighted by molar-refractivity contribution is 6.74. The summed E-state index contributed by atoms with van der Waals surface area (Å²) in [5.74, 6) is -0.895. The summed E-state index contributed by atoms with van der Waals surface area (Å²) in [7, 11) is 0.881. The van der Waals surface area contributed by atoms with Crippen LogP contribution in [0, 0.1) is 11.8 Å². The molecule has 5 unspecified atom stereocenters. The molecule has 0 amide bonds. The lowest BCUT2D eigenvalue weighted by molar-refractivity contribution is -0.140. The van der Waals surface area contributed by atoms with E-state index in [-0.39, 0.29) is 41.7 Å². The Balaban J connectivity index is 3.05. The van der Waals surface area contributed by atoms with E-state index >= 15 is 0 Å². The zero-order valence-corrected chi connectivity index (χ0v) is 27.5. The summed E-state index contributed by atoms with van der Waals surface area (Å²) in [5, 5.41) is 11.2. The smallest absolute Gasteiger partial charge is 0.305 e. The third kappa shape index (κ3) is 13.3. The molecular formula is C31H58O8Si. The van der Waals surface area contributed by atoms with Crippen LogP contribution >= 0.6 is 0 Å². The Morgan fingerprint density at radius 2 is 1.77 bits per heavy atom. The van der Waals surface area contributed by atoms with E-state index in [9.17, 15) is 14.7 Å². The van der Waals surface area contributed by atoms with E-state index in [1.165, 1.54) is 7.11 Å². The van der Waals surface area contributed by atoms with E-state index in [4.69, 9.17) is 23.4 Å². The van der Waals surface area contributed by atoms with Crippen LogP contribution in [0.1, 0.15) is 91.9 Å². The molecule has 40 heavy (non-hydrogen) atoms. The summed E-state index contributed by atoms with van der Waals surface area (Å²) >= 11 is 0. The molecule has 0 aromatic heterocycles. The number of hydrogen-bond acceptors (Lipinski definition) is 8. The number of carbonyl (C=O) groups excluding carboxylic acids is 2. The van der Waals surface area contributed by atoms with Crippen molar-refractivity contribution >= 4 is 20.1 Å². The van der Waals surface area contributed by atoms with E-state index in [0.29, 0.717) is 38.9 Å². The molecule has 0 saturated heterocycles. The maximum Gasteiger partial charge on any atom is 0.305 e. The van der Waals surface area contributed by atoms with Crippen LogP contribution in [0.3, 0.4) is 0 Å². The van der Waals surface area contributed by atoms with Gasteiger partial charge in [-0.15, -0.1) is 0 Å². The van der Waals surface area contributed by atoms with Gasteiger partial charge in [-0.3, -0.25) is 9.59 Å². The molecule has 234 valence electrons. The maximum absolute atomic E-state index is 13.3. The van der Waals surface area contributed by atoms with Gasteiger partial charge in [-0.05, 0) is 37.4 Å². The number of esters is 1. The molecule has 1 rings (SSSR count). The molecule has 0 aromatic carbocycles. The summed E-state index contributed by atoms with van der Waals surface area (Å²) in [6.07, 6.45) is 10.5. The molecule has 1 fully saturated rings. The first-order valence-corrected chi connectivity index (χ1v) is 18.1. The molecule has 0 aromatic rings. The van der Waals surface area contributed by atoms with Gasteiger partial charge in [-0.2, -0.15) is 0 Å². The predicted octanol–water partition coefficient (Wildman–Crippen LogP) is 6.21. The lowest BCUT2D eigenvalue weighted by atomic mass is 9.86. The zero-order valence-electron chi connectivity index (χ0n) is 26.5. The fourth-order valence-corrected chi connectivity index (χ4v) is 6.16. The maximum atomic E-state index is 13.3. The molecule has 1 N–H and O–H groups in total. The molecule has 1 aliphatic rings. The SMILES string of the molecule is CCCCCC(/C=C/C1C(O[Si](C)(C)C(C)(C)C)CC(=O)C1C(O)CCCCCC(=O)OC)OCOCCOC. The number of ketones is 1. The van der Waals surface area contributed by atoms with Crippen molar-refractivity contribution in [3.05, 3.63) is 12.2 Å². The second-order valence-electron chi connectivity index (χ2n) is 12.5. The molecule has 8 nitrogen and oxygen atoms in total. The van der Waals surface area contributed by atoms with Crippen molar-refractivity contribution in [2.45, 2.75) is 128 Å². The molecule has 0 aliphatic heterocycles. The van der Waals surface area contributed by atoms with Crippen molar-refractivity contribution < 1.29 is 38.1 Å². The van der Waals surface area contributed by atoms with E-state index in [2.05, 4.69) is 52.9 Å². The average molecular weight is 587 g/mol. The summed E-state index contributed by atoms with van der Waals surface area (Å²) in [5.41, 5.74) is 0. The molecule has 0 heterocycles. The number of unbranched alkanes of at least 4 members (excludes halogenated alkanes) is 4. The number of carbonyl (C=O) groups is 2. The van der Waals surface area contributed by atoms with Gasteiger partial charge >= 0.3 is 5.97 Å². The molecule has 5 atom stereocenters. The number of methoxy groups -OCH3 is 2. The van der Waals surface area contributed by atoms with Gasteiger partial charge < -0.3 is 28.5 Å². The number of aliphatic hydroxyl groups excluding tert-OH is 1. The summed E-state index contributed by atoms with van der Waals surface area (Å²) in [6.45, 7) is 14.3. The highest BCUT2D eigenvalue weighted by Gasteiger charge is 2.49. The molecular weight excluding hydrogens is 528 g/mol. The Hall–Kier alpha value is -1.10. The minimum atomic E-state index is -2.15. The van der Waals surface area contributed by atoms with Crippen LogP contribution < -0.4 is 0 Å². The zero-order chi connectivity index (χ0) is 30.2. The van der Waals surface area contributed by atoms with Crippen LogP contribution in [0.4, 0.5) is 0 Å². The van der Waals surface area contributed by atoms with Gasteiger partial charge in [0.25, 0.3) is 0 Å². The molecule has 0 spiro atoms. The third-order valence-electron chi connectivity index (χ3n) is 8.33. The van der Waals surface area contributed by atoms with E-state index in [0.717, 1.165) is 38.5 Å². The van der Waals surface area contributed by atoms with Crippen LogP contribution in [0.2, 0.25) is 18.1 Å². The van der Waals surface area contributed by atoms with Crippen molar-refractivity contribution in [2.75, 3.05) is 34.2 Å². The first kappa shape index (κ1) is 36.9. The number of Topliss-reactive ketones (excluding diaryl/α,β-unsaturated/α-hetero) is 1. The number of aliphatic hydroxyl groups is 1. The van der Waals surface area contributed by atoms with Crippen molar-refractivity contribution in [3.63, 3.8) is 0 Å². The van der Waals surface area contributed by atoms with Gasteiger partial charge in [-0.25, -0.2) is 0 Å². The third-order valence-corrected chi connectivity index (χ3v) is 12.8. The Bertz CT molecular complexity index is 748. The highest BCUT2D eigenvalue weighted by atomic mass is 28.4.